The molecule has 0 radical (unpaired) electrons. The van der Waals surface area contributed by atoms with Crippen molar-refractivity contribution in [1.29, 1.82) is 0 Å². The molecule has 0 aromatic heterocycles. The van der Waals surface area contributed by atoms with Gasteiger partial charge in [0.2, 0.25) is 5.91 Å². The van der Waals surface area contributed by atoms with Crippen molar-refractivity contribution in [3.63, 3.8) is 0 Å². The molecular weight excluding hydrogens is 458 g/mol. The van der Waals surface area contributed by atoms with Crippen molar-refractivity contribution in [2.45, 2.75) is 33.1 Å². The molecule has 4 aromatic carbocycles. The van der Waals surface area contributed by atoms with Crippen LogP contribution < -0.4 is 5.32 Å². The van der Waals surface area contributed by atoms with Gasteiger partial charge in [-0.2, -0.15) is 9.98 Å². The van der Waals surface area contributed by atoms with Crippen molar-refractivity contribution >= 4 is 34.8 Å². The van der Waals surface area contributed by atoms with Gasteiger partial charge in [0.15, 0.2) is 0 Å². The van der Waals surface area contributed by atoms with E-state index in [0.29, 0.717) is 6.42 Å². The second kappa shape index (κ2) is 12.4. The van der Waals surface area contributed by atoms with Crippen molar-refractivity contribution in [3.05, 3.63) is 125 Å². The smallest absolute Gasteiger partial charge is 0.221 e. The Hall–Kier alpha value is -4.60. The predicted molar refractivity (Wildman–Crippen MR) is 149 cm³/mol. The van der Waals surface area contributed by atoms with E-state index in [1.165, 1.54) is 29.2 Å². The van der Waals surface area contributed by atoms with Gasteiger partial charge in [-0.1, -0.05) is 60.7 Å². The highest BCUT2D eigenvalue weighted by Gasteiger charge is 2.01. The molecule has 1 amide bonds. The van der Waals surface area contributed by atoms with Crippen LogP contribution in [0, 0.1) is 0 Å². The minimum absolute atomic E-state index is 0.0746. The van der Waals surface area contributed by atoms with E-state index in [9.17, 15) is 9.59 Å². The van der Waals surface area contributed by atoms with Gasteiger partial charge in [0.05, 0.1) is 11.4 Å². The first kappa shape index (κ1) is 25.5. The van der Waals surface area contributed by atoms with E-state index in [1.807, 2.05) is 72.8 Å². The van der Waals surface area contributed by atoms with Crippen LogP contribution >= 0.6 is 0 Å². The average Bonchev–Trinajstić information content (AvgIpc) is 2.88. The zero-order chi connectivity index (χ0) is 26.0. The van der Waals surface area contributed by atoms with Gasteiger partial charge in [0.1, 0.15) is 11.8 Å². The summed E-state index contributed by atoms with van der Waals surface area (Å²) in [5.41, 5.74) is 8.16. The van der Waals surface area contributed by atoms with Crippen molar-refractivity contribution in [2.75, 3.05) is 5.32 Å². The Balaban J connectivity index is 1.30. The number of hydrogen-bond donors (Lipinski definition) is 1. The molecule has 0 saturated heterocycles. The molecule has 0 saturated carbocycles. The molecule has 0 aliphatic rings. The zero-order valence-electron chi connectivity index (χ0n) is 21.1. The molecule has 4 rings (SSSR count). The van der Waals surface area contributed by atoms with Gasteiger partial charge >= 0.3 is 0 Å². The third kappa shape index (κ3) is 8.24. The van der Waals surface area contributed by atoms with Crippen LogP contribution in [0.1, 0.15) is 41.7 Å². The summed E-state index contributed by atoms with van der Waals surface area (Å²) < 4.78 is 0. The summed E-state index contributed by atoms with van der Waals surface area (Å²) in [5, 5.41) is 2.78. The molecule has 184 valence electrons. The van der Waals surface area contributed by atoms with Gasteiger partial charge in [-0.15, -0.1) is 0 Å². The number of hydrogen-bond acceptors (Lipinski definition) is 4. The number of rotatable bonds is 9. The van der Waals surface area contributed by atoms with E-state index in [1.54, 1.807) is 6.92 Å². The number of benzene rings is 4. The Labute approximate surface area is 217 Å². The van der Waals surface area contributed by atoms with E-state index < -0.39 is 0 Å². The highest BCUT2D eigenvalue weighted by molar-refractivity contribution is 5.88. The summed E-state index contributed by atoms with van der Waals surface area (Å²) in [5.74, 6) is 0.0991. The normalized spacial score (nSPS) is 10.3. The zero-order valence-corrected chi connectivity index (χ0v) is 21.1. The van der Waals surface area contributed by atoms with Crippen LogP contribution in [0.4, 0.5) is 17.1 Å². The van der Waals surface area contributed by atoms with Gasteiger partial charge in [-0.3, -0.25) is 9.59 Å². The van der Waals surface area contributed by atoms with Gasteiger partial charge in [0, 0.05) is 19.0 Å². The second-order valence-electron chi connectivity index (χ2n) is 9.08. The number of nitrogens with zero attached hydrogens (tertiary/aromatic N) is 2. The third-order valence-corrected chi connectivity index (χ3v) is 5.80. The molecule has 0 bridgehead atoms. The number of carbonyl (C=O) groups is 2. The maximum absolute atomic E-state index is 11.3. The summed E-state index contributed by atoms with van der Waals surface area (Å²) in [6, 6.07) is 34.9. The number of nitrogens with one attached hydrogen (secondary N) is 1. The lowest BCUT2D eigenvalue weighted by Crippen LogP contribution is -2.05. The van der Waals surface area contributed by atoms with Crippen molar-refractivity contribution < 1.29 is 9.59 Å². The van der Waals surface area contributed by atoms with E-state index in [4.69, 9.17) is 0 Å². The lowest BCUT2D eigenvalue weighted by Gasteiger charge is -2.05. The van der Waals surface area contributed by atoms with Gasteiger partial charge in [-0.05, 0) is 84.0 Å². The van der Waals surface area contributed by atoms with Crippen molar-refractivity contribution in [1.82, 2.24) is 0 Å². The first-order valence-corrected chi connectivity index (χ1v) is 12.2. The Bertz CT molecular complexity index is 1300. The fraction of sp³-hybridized carbons (Fsp3) is 0.156. The number of ketones is 1. The summed E-state index contributed by atoms with van der Waals surface area (Å²) in [6.45, 7) is 3.11. The molecule has 37 heavy (non-hydrogen) atoms. The van der Waals surface area contributed by atoms with E-state index in [-0.39, 0.29) is 11.7 Å². The number of aliphatic imine (C=N–C) groups is 2. The molecule has 1 N–H and O–H groups in total. The first-order valence-electron chi connectivity index (χ1n) is 12.2. The van der Waals surface area contributed by atoms with E-state index in [0.717, 1.165) is 35.5 Å². The summed E-state index contributed by atoms with van der Waals surface area (Å²) in [4.78, 5) is 31.1. The Morgan fingerprint density at radius 1 is 0.595 bits per heavy atom. The standard InChI is InChI=1S/C32H29N3O2/c1-23(36)19-25-3-5-26(6-4-25)20-27-7-13-30(14-8-27)33-22-34-31-15-9-28(10-16-31)21-29-11-17-32(18-12-29)35-24(2)37/h3-18H,19-21H2,1-2H3,(H,35,37). The van der Waals surface area contributed by atoms with E-state index in [2.05, 4.69) is 45.6 Å². The minimum Gasteiger partial charge on any atom is -0.326 e. The highest BCUT2D eigenvalue weighted by atomic mass is 16.1. The molecular formula is C32H29N3O2. The maximum atomic E-state index is 11.3. The first-order chi connectivity index (χ1) is 17.9. The molecule has 5 nitrogen and oxygen atoms in total. The molecule has 0 atom stereocenters. The SMILES string of the molecule is CC(=O)Cc1ccc(Cc2ccc(N=C=Nc3ccc(Cc4ccc(NC(C)=O)cc4)cc3)cc2)cc1. The van der Waals surface area contributed by atoms with E-state index >= 15 is 0 Å². The summed E-state index contributed by atoms with van der Waals surface area (Å²) in [7, 11) is 0. The van der Waals surface area contributed by atoms with Crippen LogP contribution in [-0.4, -0.2) is 17.7 Å². The Morgan fingerprint density at radius 2 is 0.973 bits per heavy atom. The lowest BCUT2D eigenvalue weighted by molar-refractivity contribution is -0.116. The number of Topliss-reactive ketones (excluding diaryl/α,β-unsaturated/α-hetero) is 1. The van der Waals surface area contributed by atoms with Gasteiger partial charge in [-0.25, -0.2) is 0 Å². The molecule has 0 fully saturated rings. The third-order valence-electron chi connectivity index (χ3n) is 5.80. The van der Waals surface area contributed by atoms with Gasteiger partial charge < -0.3 is 5.32 Å². The second-order valence-corrected chi connectivity index (χ2v) is 9.08. The van der Waals surface area contributed by atoms with Crippen LogP contribution in [0.25, 0.3) is 0 Å². The average molecular weight is 488 g/mol. The predicted octanol–water partition coefficient (Wildman–Crippen LogP) is 7.10. The number of anilines is 1. The van der Waals surface area contributed by atoms with Crippen LogP contribution in [-0.2, 0) is 28.9 Å². The van der Waals surface area contributed by atoms with Gasteiger partial charge in [0.25, 0.3) is 0 Å². The topological polar surface area (TPSA) is 70.9 Å². The fourth-order valence-electron chi connectivity index (χ4n) is 3.96. The number of amides is 1. The molecule has 5 heteroatoms. The number of carbonyl (C=O) groups excluding carboxylic acids is 2. The summed E-state index contributed by atoms with van der Waals surface area (Å²) in [6.07, 6.45) is 2.10. The lowest BCUT2D eigenvalue weighted by atomic mass is 10.0. The molecule has 0 unspecified atom stereocenters. The van der Waals surface area contributed by atoms with Crippen LogP contribution in [0.2, 0.25) is 0 Å². The van der Waals surface area contributed by atoms with Crippen LogP contribution in [0.15, 0.2) is 107 Å². The molecule has 0 spiro atoms. The molecule has 0 heterocycles. The highest BCUT2D eigenvalue weighted by Crippen LogP contribution is 2.19. The quantitative estimate of drug-likeness (QED) is 0.256. The van der Waals surface area contributed by atoms with Crippen LogP contribution in [0.5, 0.6) is 0 Å². The molecule has 4 aromatic rings. The summed E-state index contributed by atoms with van der Waals surface area (Å²) >= 11 is 0. The van der Waals surface area contributed by atoms with Crippen molar-refractivity contribution in [3.8, 4) is 0 Å². The maximum Gasteiger partial charge on any atom is 0.221 e. The Kier molecular flexibility index (Phi) is 8.53. The Morgan fingerprint density at radius 3 is 1.38 bits per heavy atom. The van der Waals surface area contributed by atoms with Crippen molar-refractivity contribution in [2.24, 2.45) is 9.98 Å². The molecule has 0 aliphatic heterocycles. The minimum atomic E-state index is -0.0746. The monoisotopic (exact) mass is 487 g/mol. The largest absolute Gasteiger partial charge is 0.326 e. The fourth-order valence-corrected chi connectivity index (χ4v) is 3.96. The van der Waals surface area contributed by atoms with Crippen LogP contribution in [0.3, 0.4) is 0 Å². The molecule has 0 aliphatic carbocycles.